The number of nitrogens with zero attached hydrogens (tertiary/aromatic N) is 1. The first-order chi connectivity index (χ1) is 8.42. The largest absolute Gasteiger partial charge is 0.341 e. The number of likely N-dealkylation sites (N-methyl/N-ethyl adjacent to an activating group) is 1. The highest BCUT2D eigenvalue weighted by Gasteiger charge is 2.23. The van der Waals surface area contributed by atoms with E-state index in [1.165, 1.54) is 0 Å². The van der Waals surface area contributed by atoms with Gasteiger partial charge in [-0.05, 0) is 25.3 Å². The third-order valence-corrected chi connectivity index (χ3v) is 3.72. The van der Waals surface area contributed by atoms with E-state index in [0.29, 0.717) is 19.6 Å². The van der Waals surface area contributed by atoms with Crippen LogP contribution in [0.25, 0.3) is 0 Å². The van der Waals surface area contributed by atoms with Crippen molar-refractivity contribution in [3.8, 4) is 0 Å². The van der Waals surface area contributed by atoms with Crippen LogP contribution >= 0.6 is 0 Å². The van der Waals surface area contributed by atoms with Gasteiger partial charge in [-0.3, -0.25) is 4.79 Å². The lowest BCUT2D eigenvalue weighted by atomic mass is 9.98. The Kier molecular flexibility index (Phi) is 6.04. The number of piperidine rings is 1. The summed E-state index contributed by atoms with van der Waals surface area (Å²) in [5, 5.41) is 3.01. The molecule has 1 aliphatic rings. The summed E-state index contributed by atoms with van der Waals surface area (Å²) >= 11 is 0. The third kappa shape index (κ3) is 5.79. The van der Waals surface area contributed by atoms with Crippen LogP contribution in [0.3, 0.4) is 0 Å². The molecule has 0 aromatic carbocycles. The predicted molar refractivity (Wildman–Crippen MR) is 70.7 cm³/mol. The molecule has 1 rings (SSSR count). The summed E-state index contributed by atoms with van der Waals surface area (Å²) in [6.07, 6.45) is 3.06. The zero-order valence-electron chi connectivity index (χ0n) is 11.1. The number of hydrogen-bond acceptors (Lipinski definition) is 4. The van der Waals surface area contributed by atoms with E-state index >= 15 is 0 Å². The molecule has 18 heavy (non-hydrogen) atoms. The highest BCUT2D eigenvalue weighted by atomic mass is 32.2. The minimum Gasteiger partial charge on any atom is -0.341 e. The van der Waals surface area contributed by atoms with Crippen molar-refractivity contribution in [2.45, 2.75) is 19.8 Å². The highest BCUT2D eigenvalue weighted by molar-refractivity contribution is 7.88. The van der Waals surface area contributed by atoms with E-state index in [1.54, 1.807) is 0 Å². The second-order valence-electron chi connectivity index (χ2n) is 4.75. The van der Waals surface area contributed by atoms with Crippen LogP contribution in [-0.4, -0.2) is 58.2 Å². The average molecular weight is 277 g/mol. The maximum Gasteiger partial charge on any atom is 0.236 e. The number of amides is 1. The summed E-state index contributed by atoms with van der Waals surface area (Å²) in [4.78, 5) is 13.6. The maximum atomic E-state index is 11.8. The molecule has 0 aromatic heterocycles. The van der Waals surface area contributed by atoms with Crippen LogP contribution < -0.4 is 10.0 Å². The average Bonchev–Trinajstić information content (AvgIpc) is 2.33. The van der Waals surface area contributed by atoms with Crippen LogP contribution in [0.2, 0.25) is 0 Å². The van der Waals surface area contributed by atoms with Crippen molar-refractivity contribution in [2.24, 2.45) is 5.92 Å². The fourth-order valence-corrected chi connectivity index (χ4v) is 2.61. The predicted octanol–water partition coefficient (Wildman–Crippen LogP) is -0.616. The fraction of sp³-hybridized carbons (Fsp3) is 0.909. The van der Waals surface area contributed by atoms with Crippen molar-refractivity contribution in [2.75, 3.05) is 39.0 Å². The highest BCUT2D eigenvalue weighted by Crippen LogP contribution is 2.15. The minimum atomic E-state index is -3.14. The number of hydrogen-bond donors (Lipinski definition) is 2. The van der Waals surface area contributed by atoms with Crippen molar-refractivity contribution in [1.29, 1.82) is 0 Å². The van der Waals surface area contributed by atoms with Crippen LogP contribution in [0.1, 0.15) is 19.8 Å². The van der Waals surface area contributed by atoms with Gasteiger partial charge >= 0.3 is 0 Å². The van der Waals surface area contributed by atoms with Gasteiger partial charge in [-0.2, -0.15) is 0 Å². The van der Waals surface area contributed by atoms with Gasteiger partial charge in [0.2, 0.25) is 15.9 Å². The molecule has 1 fully saturated rings. The van der Waals surface area contributed by atoms with Gasteiger partial charge in [0.25, 0.3) is 0 Å². The fourth-order valence-electron chi connectivity index (χ4n) is 2.07. The summed E-state index contributed by atoms with van der Waals surface area (Å²) < 4.78 is 24.6. The number of likely N-dealkylation sites (tertiary alicyclic amines) is 1. The molecule has 0 spiro atoms. The maximum absolute atomic E-state index is 11.8. The third-order valence-electron chi connectivity index (χ3n) is 3.03. The van der Waals surface area contributed by atoms with Gasteiger partial charge in [-0.25, -0.2) is 13.1 Å². The molecule has 1 unspecified atom stereocenters. The summed E-state index contributed by atoms with van der Waals surface area (Å²) in [5.74, 6) is 0.319. The molecule has 106 valence electrons. The molecule has 7 heteroatoms. The van der Waals surface area contributed by atoms with Crippen molar-refractivity contribution >= 4 is 15.9 Å². The van der Waals surface area contributed by atoms with E-state index in [9.17, 15) is 13.2 Å². The van der Waals surface area contributed by atoms with E-state index in [4.69, 9.17) is 0 Å². The molecule has 1 heterocycles. The molecule has 1 atom stereocenters. The topological polar surface area (TPSA) is 78.5 Å². The second kappa shape index (κ2) is 7.06. The lowest BCUT2D eigenvalue weighted by molar-refractivity contribution is -0.131. The molecule has 0 saturated carbocycles. The Morgan fingerprint density at radius 1 is 1.44 bits per heavy atom. The standard InChI is InChI=1S/C11H23N3O3S/c1-3-12-8-11(15)14-6-4-5-10(9-14)7-13-18(2,16)17/h10,12-13H,3-9H2,1-2H3. The van der Waals surface area contributed by atoms with Crippen molar-refractivity contribution in [3.63, 3.8) is 0 Å². The van der Waals surface area contributed by atoms with Crippen molar-refractivity contribution in [1.82, 2.24) is 14.9 Å². The molecular weight excluding hydrogens is 254 g/mol. The lowest BCUT2D eigenvalue weighted by Crippen LogP contribution is -2.46. The minimum absolute atomic E-state index is 0.0981. The quantitative estimate of drug-likeness (QED) is 0.678. The molecule has 0 bridgehead atoms. The van der Waals surface area contributed by atoms with E-state index in [0.717, 1.165) is 32.2 Å². The molecule has 0 aromatic rings. The normalized spacial score (nSPS) is 21.0. The van der Waals surface area contributed by atoms with Gasteiger partial charge < -0.3 is 10.2 Å². The van der Waals surface area contributed by atoms with Crippen LogP contribution in [0.15, 0.2) is 0 Å². The summed E-state index contributed by atoms with van der Waals surface area (Å²) in [7, 11) is -3.14. The van der Waals surface area contributed by atoms with Gasteiger partial charge in [-0.1, -0.05) is 6.92 Å². The Bertz CT molecular complexity index is 370. The second-order valence-corrected chi connectivity index (χ2v) is 6.58. The Hall–Kier alpha value is -0.660. The Labute approximate surface area is 109 Å². The van der Waals surface area contributed by atoms with E-state index in [1.807, 2.05) is 11.8 Å². The number of nitrogens with one attached hydrogen (secondary N) is 2. The van der Waals surface area contributed by atoms with Gasteiger partial charge in [0.05, 0.1) is 12.8 Å². The number of rotatable bonds is 6. The zero-order chi connectivity index (χ0) is 13.6. The van der Waals surface area contributed by atoms with Gasteiger partial charge in [-0.15, -0.1) is 0 Å². The Morgan fingerprint density at radius 2 is 2.17 bits per heavy atom. The summed E-state index contributed by atoms with van der Waals surface area (Å²) in [6.45, 7) is 4.94. The summed E-state index contributed by atoms with van der Waals surface area (Å²) in [6, 6.07) is 0. The first kappa shape index (κ1) is 15.4. The molecule has 1 saturated heterocycles. The Balaban J connectivity index is 2.38. The van der Waals surface area contributed by atoms with E-state index < -0.39 is 10.0 Å². The van der Waals surface area contributed by atoms with Crippen LogP contribution in [0.5, 0.6) is 0 Å². The number of carbonyl (C=O) groups excluding carboxylic acids is 1. The van der Waals surface area contributed by atoms with Crippen LogP contribution in [-0.2, 0) is 14.8 Å². The SMILES string of the molecule is CCNCC(=O)N1CCCC(CNS(C)(=O)=O)C1. The molecule has 6 nitrogen and oxygen atoms in total. The molecular formula is C11H23N3O3S. The molecule has 2 N–H and O–H groups in total. The molecule has 0 aliphatic carbocycles. The van der Waals surface area contributed by atoms with E-state index in [-0.39, 0.29) is 11.8 Å². The first-order valence-electron chi connectivity index (χ1n) is 6.35. The van der Waals surface area contributed by atoms with Gasteiger partial charge in [0.15, 0.2) is 0 Å². The molecule has 0 radical (unpaired) electrons. The summed E-state index contributed by atoms with van der Waals surface area (Å²) in [5.41, 5.74) is 0. The molecule has 1 amide bonds. The first-order valence-corrected chi connectivity index (χ1v) is 8.24. The smallest absolute Gasteiger partial charge is 0.236 e. The van der Waals surface area contributed by atoms with E-state index in [2.05, 4.69) is 10.0 Å². The lowest BCUT2D eigenvalue weighted by Gasteiger charge is -2.32. The monoisotopic (exact) mass is 277 g/mol. The van der Waals surface area contributed by atoms with Gasteiger partial charge in [0.1, 0.15) is 0 Å². The molecule has 1 aliphatic heterocycles. The van der Waals surface area contributed by atoms with Crippen LogP contribution in [0, 0.1) is 5.92 Å². The number of sulfonamides is 1. The van der Waals surface area contributed by atoms with Crippen molar-refractivity contribution < 1.29 is 13.2 Å². The Morgan fingerprint density at radius 3 is 2.78 bits per heavy atom. The van der Waals surface area contributed by atoms with Gasteiger partial charge in [0, 0.05) is 19.6 Å². The van der Waals surface area contributed by atoms with Crippen LogP contribution in [0.4, 0.5) is 0 Å². The zero-order valence-corrected chi connectivity index (χ0v) is 11.9. The number of carbonyl (C=O) groups is 1. The van der Waals surface area contributed by atoms with Crippen molar-refractivity contribution in [3.05, 3.63) is 0 Å².